The summed E-state index contributed by atoms with van der Waals surface area (Å²) >= 11 is 0. The molecule has 1 aliphatic carbocycles. The van der Waals surface area contributed by atoms with Crippen LogP contribution in [0.4, 0.5) is 0 Å². The molecule has 2 nitrogen and oxygen atoms in total. The van der Waals surface area contributed by atoms with Gasteiger partial charge in [-0.2, -0.15) is 0 Å². The van der Waals surface area contributed by atoms with Gasteiger partial charge in [0.05, 0.1) is 6.10 Å². The van der Waals surface area contributed by atoms with Crippen LogP contribution >= 0.6 is 0 Å². The fourth-order valence-corrected chi connectivity index (χ4v) is 2.80. The minimum absolute atomic E-state index is 0.573. The molecule has 0 bridgehead atoms. The molecule has 1 heterocycles. The van der Waals surface area contributed by atoms with Crippen molar-refractivity contribution < 1.29 is 4.74 Å². The lowest BCUT2D eigenvalue weighted by Gasteiger charge is -2.22. The van der Waals surface area contributed by atoms with Crippen molar-refractivity contribution >= 4 is 0 Å². The third kappa shape index (κ3) is 4.12. The summed E-state index contributed by atoms with van der Waals surface area (Å²) in [5.74, 6) is 0. The van der Waals surface area contributed by atoms with Crippen LogP contribution in [-0.2, 0) is 4.74 Å². The van der Waals surface area contributed by atoms with Crippen LogP contribution in [0.1, 0.15) is 57.8 Å². The van der Waals surface area contributed by atoms with Crippen molar-refractivity contribution in [3.63, 3.8) is 0 Å². The summed E-state index contributed by atoms with van der Waals surface area (Å²) < 4.78 is 5.72. The van der Waals surface area contributed by atoms with E-state index in [-0.39, 0.29) is 0 Å². The van der Waals surface area contributed by atoms with Gasteiger partial charge in [0.1, 0.15) is 0 Å². The van der Waals surface area contributed by atoms with E-state index in [4.69, 9.17) is 4.74 Å². The van der Waals surface area contributed by atoms with Gasteiger partial charge in [0, 0.05) is 12.6 Å². The molecular formula is C13H25NO. The first kappa shape index (κ1) is 11.4. The molecule has 0 spiro atoms. The highest BCUT2D eigenvalue weighted by Crippen LogP contribution is 2.19. The zero-order valence-electron chi connectivity index (χ0n) is 9.84. The molecule has 2 aliphatic rings. The lowest BCUT2D eigenvalue weighted by molar-refractivity contribution is 0.0101. The van der Waals surface area contributed by atoms with E-state index >= 15 is 0 Å². The molecule has 2 fully saturated rings. The van der Waals surface area contributed by atoms with Gasteiger partial charge in [-0.15, -0.1) is 0 Å². The normalized spacial score (nSPS) is 28.4. The van der Waals surface area contributed by atoms with E-state index < -0.39 is 0 Å². The van der Waals surface area contributed by atoms with Gasteiger partial charge in [-0.25, -0.2) is 0 Å². The van der Waals surface area contributed by atoms with Gasteiger partial charge in [-0.1, -0.05) is 12.8 Å². The molecule has 1 N–H and O–H groups in total. The Bertz CT molecular complexity index is 160. The minimum atomic E-state index is 0.573. The molecule has 2 heteroatoms. The zero-order valence-corrected chi connectivity index (χ0v) is 9.84. The van der Waals surface area contributed by atoms with Crippen molar-refractivity contribution in [2.45, 2.75) is 69.9 Å². The van der Waals surface area contributed by atoms with E-state index in [1.54, 1.807) is 0 Å². The average molecular weight is 211 g/mol. The lowest BCUT2D eigenvalue weighted by atomic mass is 10.0. The van der Waals surface area contributed by atoms with Crippen molar-refractivity contribution in [1.29, 1.82) is 0 Å². The SMILES string of the molecule is C1CCC(CCCNC2CCCC2)OC1. The number of rotatable bonds is 5. The topological polar surface area (TPSA) is 21.3 Å². The zero-order chi connectivity index (χ0) is 10.3. The molecule has 0 aromatic rings. The van der Waals surface area contributed by atoms with E-state index in [9.17, 15) is 0 Å². The second kappa shape index (κ2) is 6.49. The van der Waals surface area contributed by atoms with Gasteiger partial charge in [-0.05, 0) is 51.5 Å². The Balaban J connectivity index is 1.47. The molecule has 0 aromatic heterocycles. The highest BCUT2D eigenvalue weighted by atomic mass is 16.5. The van der Waals surface area contributed by atoms with Crippen LogP contribution in [0, 0.1) is 0 Å². The maximum atomic E-state index is 5.72. The fraction of sp³-hybridized carbons (Fsp3) is 1.00. The molecule has 15 heavy (non-hydrogen) atoms. The lowest BCUT2D eigenvalue weighted by Crippen LogP contribution is -2.28. The quantitative estimate of drug-likeness (QED) is 0.706. The van der Waals surface area contributed by atoms with Gasteiger partial charge in [-0.3, -0.25) is 0 Å². The van der Waals surface area contributed by atoms with Gasteiger partial charge in [0.2, 0.25) is 0 Å². The highest BCUT2D eigenvalue weighted by molar-refractivity contribution is 4.73. The number of hydrogen-bond acceptors (Lipinski definition) is 2. The molecule has 0 amide bonds. The van der Waals surface area contributed by atoms with Crippen molar-refractivity contribution in [2.75, 3.05) is 13.2 Å². The largest absolute Gasteiger partial charge is 0.378 e. The van der Waals surface area contributed by atoms with Crippen LogP contribution in [0.5, 0.6) is 0 Å². The number of nitrogens with one attached hydrogen (secondary N) is 1. The Kier molecular flexibility index (Phi) is 4.94. The summed E-state index contributed by atoms with van der Waals surface area (Å²) in [6, 6.07) is 0.831. The van der Waals surface area contributed by atoms with E-state index in [2.05, 4.69) is 5.32 Å². The van der Waals surface area contributed by atoms with Crippen LogP contribution in [-0.4, -0.2) is 25.3 Å². The number of hydrogen-bond donors (Lipinski definition) is 1. The Morgan fingerprint density at radius 3 is 2.53 bits per heavy atom. The van der Waals surface area contributed by atoms with Gasteiger partial charge in [0.25, 0.3) is 0 Å². The van der Waals surface area contributed by atoms with Gasteiger partial charge in [0.15, 0.2) is 0 Å². The molecule has 0 radical (unpaired) electrons. The Labute approximate surface area is 93.8 Å². The summed E-state index contributed by atoms with van der Waals surface area (Å²) in [5, 5.41) is 3.67. The average Bonchev–Trinajstić information content (AvgIpc) is 2.79. The van der Waals surface area contributed by atoms with Crippen LogP contribution in [0.25, 0.3) is 0 Å². The van der Waals surface area contributed by atoms with E-state index in [1.165, 1.54) is 64.3 Å². The molecule has 2 rings (SSSR count). The molecule has 88 valence electrons. The summed E-state index contributed by atoms with van der Waals surface area (Å²) in [6.07, 6.45) is 12.7. The Morgan fingerprint density at radius 1 is 1.00 bits per heavy atom. The Hall–Kier alpha value is -0.0800. The van der Waals surface area contributed by atoms with Gasteiger partial charge < -0.3 is 10.1 Å². The van der Waals surface area contributed by atoms with E-state index in [0.29, 0.717) is 6.10 Å². The predicted molar refractivity (Wildman–Crippen MR) is 63.1 cm³/mol. The minimum Gasteiger partial charge on any atom is -0.378 e. The smallest absolute Gasteiger partial charge is 0.0575 e. The molecule has 1 saturated carbocycles. The third-order valence-corrected chi connectivity index (χ3v) is 3.77. The van der Waals surface area contributed by atoms with Crippen molar-refractivity contribution in [3.8, 4) is 0 Å². The molecule has 1 unspecified atom stereocenters. The van der Waals surface area contributed by atoms with Gasteiger partial charge >= 0.3 is 0 Å². The molecule has 1 atom stereocenters. The van der Waals surface area contributed by atoms with Crippen LogP contribution in [0.15, 0.2) is 0 Å². The summed E-state index contributed by atoms with van der Waals surface area (Å²) in [5.41, 5.74) is 0. The molecule has 1 aliphatic heterocycles. The van der Waals surface area contributed by atoms with Crippen molar-refractivity contribution in [3.05, 3.63) is 0 Å². The van der Waals surface area contributed by atoms with Crippen LogP contribution in [0.2, 0.25) is 0 Å². The predicted octanol–water partition coefficient (Wildman–Crippen LogP) is 2.87. The second-order valence-electron chi connectivity index (χ2n) is 5.07. The summed E-state index contributed by atoms with van der Waals surface area (Å²) in [6.45, 7) is 2.20. The molecular weight excluding hydrogens is 186 g/mol. The van der Waals surface area contributed by atoms with Crippen molar-refractivity contribution in [2.24, 2.45) is 0 Å². The summed E-state index contributed by atoms with van der Waals surface area (Å²) in [4.78, 5) is 0. The molecule has 0 aromatic carbocycles. The maximum Gasteiger partial charge on any atom is 0.0575 e. The maximum absolute atomic E-state index is 5.72. The first-order chi connectivity index (χ1) is 7.45. The summed E-state index contributed by atoms with van der Waals surface area (Å²) in [7, 11) is 0. The first-order valence-corrected chi connectivity index (χ1v) is 6.80. The standard InChI is InChI=1S/C13H25NO/c1-2-7-12(6-1)14-10-5-9-13-8-3-4-11-15-13/h12-14H,1-11H2. The number of ether oxygens (including phenoxy) is 1. The fourth-order valence-electron chi connectivity index (χ4n) is 2.80. The van der Waals surface area contributed by atoms with E-state index in [0.717, 1.165) is 12.6 Å². The monoisotopic (exact) mass is 211 g/mol. The first-order valence-electron chi connectivity index (χ1n) is 6.80. The van der Waals surface area contributed by atoms with Crippen molar-refractivity contribution in [1.82, 2.24) is 5.32 Å². The molecule has 1 saturated heterocycles. The van der Waals surface area contributed by atoms with E-state index in [1.807, 2.05) is 0 Å². The highest BCUT2D eigenvalue weighted by Gasteiger charge is 2.15. The second-order valence-corrected chi connectivity index (χ2v) is 5.07. The third-order valence-electron chi connectivity index (χ3n) is 3.77. The van der Waals surface area contributed by atoms with Crippen LogP contribution in [0.3, 0.4) is 0 Å². The Morgan fingerprint density at radius 2 is 1.80 bits per heavy atom. The van der Waals surface area contributed by atoms with Crippen LogP contribution < -0.4 is 5.32 Å².